The fraction of sp³-hybridized carbons (Fsp3) is 0.667. The molecule has 0 amide bonds. The van der Waals surface area contributed by atoms with Gasteiger partial charge < -0.3 is 10.6 Å². The second-order valence-corrected chi connectivity index (χ2v) is 5.37. The summed E-state index contributed by atoms with van der Waals surface area (Å²) in [5.74, 6) is 4.19. The summed E-state index contributed by atoms with van der Waals surface area (Å²) in [6, 6.07) is 0.437. The lowest BCUT2D eigenvalue weighted by atomic mass is 10.2. The maximum atomic E-state index is 4.29. The van der Waals surface area contributed by atoms with E-state index in [2.05, 4.69) is 34.4 Å². The van der Waals surface area contributed by atoms with Crippen LogP contribution in [0, 0.1) is 6.92 Å². The van der Waals surface area contributed by atoms with Crippen molar-refractivity contribution in [1.82, 2.24) is 9.97 Å². The van der Waals surface area contributed by atoms with Crippen LogP contribution in [-0.4, -0.2) is 34.6 Å². The summed E-state index contributed by atoms with van der Waals surface area (Å²) in [5, 5.41) is 6.51. The lowest BCUT2D eigenvalue weighted by Crippen LogP contribution is -2.18. The zero-order chi connectivity index (χ0) is 12.7. The van der Waals surface area contributed by atoms with Crippen LogP contribution in [0.25, 0.3) is 0 Å². The number of rotatable bonds is 7. The SMILES string of the molecule is CCSCCC(C)Nc1ncnc(NC)c1C. The van der Waals surface area contributed by atoms with Crippen molar-refractivity contribution in [2.24, 2.45) is 0 Å². The number of hydrogen-bond donors (Lipinski definition) is 2. The minimum atomic E-state index is 0.437. The number of anilines is 2. The molecule has 0 fully saturated rings. The molecule has 1 aromatic heterocycles. The van der Waals surface area contributed by atoms with Crippen LogP contribution in [-0.2, 0) is 0 Å². The van der Waals surface area contributed by atoms with E-state index >= 15 is 0 Å². The lowest BCUT2D eigenvalue weighted by Gasteiger charge is -2.16. The van der Waals surface area contributed by atoms with Crippen LogP contribution in [0.5, 0.6) is 0 Å². The van der Waals surface area contributed by atoms with Gasteiger partial charge in [0.1, 0.15) is 18.0 Å². The predicted octanol–water partition coefficient (Wildman–Crippen LogP) is 2.77. The van der Waals surface area contributed by atoms with Gasteiger partial charge in [-0.15, -0.1) is 0 Å². The van der Waals surface area contributed by atoms with Gasteiger partial charge in [-0.2, -0.15) is 11.8 Å². The van der Waals surface area contributed by atoms with E-state index in [1.54, 1.807) is 6.33 Å². The van der Waals surface area contributed by atoms with E-state index in [0.29, 0.717) is 6.04 Å². The molecule has 17 heavy (non-hydrogen) atoms. The van der Waals surface area contributed by atoms with Crippen LogP contribution in [0.2, 0.25) is 0 Å². The van der Waals surface area contributed by atoms with Crippen molar-refractivity contribution < 1.29 is 0 Å². The first-order valence-electron chi connectivity index (χ1n) is 6.02. The van der Waals surface area contributed by atoms with Crippen LogP contribution in [0.3, 0.4) is 0 Å². The second-order valence-electron chi connectivity index (χ2n) is 3.98. The molecule has 0 spiro atoms. The van der Waals surface area contributed by atoms with Gasteiger partial charge in [0.05, 0.1) is 0 Å². The van der Waals surface area contributed by atoms with Gasteiger partial charge in [-0.3, -0.25) is 0 Å². The van der Waals surface area contributed by atoms with Crippen LogP contribution >= 0.6 is 11.8 Å². The van der Waals surface area contributed by atoms with E-state index < -0.39 is 0 Å². The molecule has 0 aliphatic rings. The highest BCUT2D eigenvalue weighted by molar-refractivity contribution is 7.99. The van der Waals surface area contributed by atoms with Crippen LogP contribution in [0.15, 0.2) is 6.33 Å². The van der Waals surface area contributed by atoms with Crippen molar-refractivity contribution in [3.05, 3.63) is 11.9 Å². The highest BCUT2D eigenvalue weighted by Gasteiger charge is 2.08. The average Bonchev–Trinajstić information content (AvgIpc) is 2.32. The van der Waals surface area contributed by atoms with Gasteiger partial charge in [-0.25, -0.2) is 9.97 Å². The fourth-order valence-electron chi connectivity index (χ4n) is 1.56. The Kier molecular flexibility index (Phi) is 6.11. The van der Waals surface area contributed by atoms with Crippen molar-refractivity contribution in [2.75, 3.05) is 29.2 Å². The van der Waals surface area contributed by atoms with E-state index in [1.165, 1.54) is 11.5 Å². The Bertz CT molecular complexity index is 343. The van der Waals surface area contributed by atoms with Crippen molar-refractivity contribution in [3.63, 3.8) is 0 Å². The quantitative estimate of drug-likeness (QED) is 0.733. The van der Waals surface area contributed by atoms with Crippen LogP contribution < -0.4 is 10.6 Å². The third-order valence-corrected chi connectivity index (χ3v) is 3.54. The molecule has 1 atom stereocenters. The van der Waals surface area contributed by atoms with Crippen molar-refractivity contribution in [1.29, 1.82) is 0 Å². The van der Waals surface area contributed by atoms with Gasteiger partial charge in [0.2, 0.25) is 0 Å². The largest absolute Gasteiger partial charge is 0.373 e. The minimum Gasteiger partial charge on any atom is -0.373 e. The lowest BCUT2D eigenvalue weighted by molar-refractivity contribution is 0.764. The summed E-state index contributed by atoms with van der Waals surface area (Å²) in [4.78, 5) is 8.46. The van der Waals surface area contributed by atoms with Crippen molar-refractivity contribution in [3.8, 4) is 0 Å². The van der Waals surface area contributed by atoms with Gasteiger partial charge in [0.25, 0.3) is 0 Å². The Balaban J connectivity index is 2.55. The first kappa shape index (κ1) is 14.1. The molecule has 1 unspecified atom stereocenters. The number of nitrogens with zero attached hydrogens (tertiary/aromatic N) is 2. The Morgan fingerprint density at radius 3 is 2.71 bits per heavy atom. The predicted molar refractivity (Wildman–Crippen MR) is 77.0 cm³/mol. The van der Waals surface area contributed by atoms with Gasteiger partial charge in [0, 0.05) is 18.7 Å². The van der Waals surface area contributed by atoms with Crippen LogP contribution in [0.4, 0.5) is 11.6 Å². The highest BCUT2D eigenvalue weighted by atomic mass is 32.2. The van der Waals surface area contributed by atoms with Crippen molar-refractivity contribution in [2.45, 2.75) is 33.2 Å². The summed E-state index contributed by atoms with van der Waals surface area (Å²) >= 11 is 1.97. The summed E-state index contributed by atoms with van der Waals surface area (Å²) in [6.07, 6.45) is 2.74. The fourth-order valence-corrected chi connectivity index (χ4v) is 2.37. The Labute approximate surface area is 108 Å². The molecule has 0 aliphatic carbocycles. The average molecular weight is 254 g/mol. The molecule has 5 heteroatoms. The molecule has 1 rings (SSSR count). The van der Waals surface area contributed by atoms with Gasteiger partial charge in [-0.1, -0.05) is 6.92 Å². The summed E-state index contributed by atoms with van der Waals surface area (Å²) in [5.41, 5.74) is 1.07. The Hall–Kier alpha value is -0.970. The Morgan fingerprint density at radius 1 is 1.35 bits per heavy atom. The molecular weight excluding hydrogens is 232 g/mol. The minimum absolute atomic E-state index is 0.437. The number of thioether (sulfide) groups is 1. The maximum Gasteiger partial charge on any atom is 0.134 e. The molecule has 0 saturated heterocycles. The van der Waals surface area contributed by atoms with Gasteiger partial charge >= 0.3 is 0 Å². The summed E-state index contributed by atoms with van der Waals surface area (Å²) in [7, 11) is 1.88. The van der Waals surface area contributed by atoms with Crippen molar-refractivity contribution >= 4 is 23.4 Å². The first-order valence-corrected chi connectivity index (χ1v) is 7.18. The van der Waals surface area contributed by atoms with Gasteiger partial charge in [0.15, 0.2) is 0 Å². The zero-order valence-electron chi connectivity index (χ0n) is 11.1. The molecule has 0 aliphatic heterocycles. The molecule has 2 N–H and O–H groups in total. The van der Waals surface area contributed by atoms with E-state index in [0.717, 1.165) is 23.6 Å². The first-order chi connectivity index (χ1) is 8.19. The molecule has 1 aromatic rings. The monoisotopic (exact) mass is 254 g/mol. The van der Waals surface area contributed by atoms with E-state index in [4.69, 9.17) is 0 Å². The number of hydrogen-bond acceptors (Lipinski definition) is 5. The summed E-state index contributed by atoms with van der Waals surface area (Å²) < 4.78 is 0. The summed E-state index contributed by atoms with van der Waals surface area (Å²) in [6.45, 7) is 6.41. The molecule has 0 saturated carbocycles. The molecule has 0 aromatic carbocycles. The number of aromatic nitrogens is 2. The molecule has 1 heterocycles. The number of nitrogens with one attached hydrogen (secondary N) is 2. The van der Waals surface area contributed by atoms with E-state index in [-0.39, 0.29) is 0 Å². The maximum absolute atomic E-state index is 4.29. The Morgan fingerprint density at radius 2 is 2.06 bits per heavy atom. The van der Waals surface area contributed by atoms with E-state index in [1.807, 2.05) is 25.7 Å². The molecule has 0 radical (unpaired) electrons. The topological polar surface area (TPSA) is 49.8 Å². The molecule has 4 nitrogen and oxygen atoms in total. The van der Waals surface area contributed by atoms with Crippen LogP contribution in [0.1, 0.15) is 25.8 Å². The highest BCUT2D eigenvalue weighted by Crippen LogP contribution is 2.19. The standard InChI is InChI=1S/C12H22N4S/c1-5-17-7-6-9(2)16-12-10(3)11(13-4)14-8-15-12/h8-9H,5-7H2,1-4H3,(H2,13,14,15,16). The third-order valence-electron chi connectivity index (χ3n) is 2.60. The smallest absolute Gasteiger partial charge is 0.134 e. The van der Waals surface area contributed by atoms with E-state index in [9.17, 15) is 0 Å². The zero-order valence-corrected chi connectivity index (χ0v) is 11.9. The van der Waals surface area contributed by atoms with Gasteiger partial charge in [-0.05, 0) is 31.8 Å². The molecule has 96 valence electrons. The molecular formula is C12H22N4S. The second kappa shape index (κ2) is 7.37. The third kappa shape index (κ3) is 4.42. The normalized spacial score (nSPS) is 12.2. The molecule has 0 bridgehead atoms.